The number of carbonyl (C=O) groups is 1. The third kappa shape index (κ3) is 3.75. The molecule has 1 amide bonds. The molecule has 14 heavy (non-hydrogen) atoms. The lowest BCUT2D eigenvalue weighted by Crippen LogP contribution is -2.40. The molecule has 0 heterocycles. The predicted molar refractivity (Wildman–Crippen MR) is 55.2 cm³/mol. The van der Waals surface area contributed by atoms with E-state index in [1.54, 1.807) is 4.90 Å². The van der Waals surface area contributed by atoms with E-state index in [2.05, 4.69) is 6.07 Å². The van der Waals surface area contributed by atoms with E-state index in [0.29, 0.717) is 19.6 Å². The van der Waals surface area contributed by atoms with Gasteiger partial charge in [0.1, 0.15) is 0 Å². The molecule has 0 rings (SSSR count). The van der Waals surface area contributed by atoms with Crippen molar-refractivity contribution in [3.63, 3.8) is 0 Å². The number of nitriles is 1. The summed E-state index contributed by atoms with van der Waals surface area (Å²) in [6.07, 6.45) is 0. The van der Waals surface area contributed by atoms with E-state index in [-0.39, 0.29) is 17.7 Å². The first-order chi connectivity index (χ1) is 6.56. The van der Waals surface area contributed by atoms with Crippen LogP contribution in [0.15, 0.2) is 0 Å². The van der Waals surface area contributed by atoms with Crippen molar-refractivity contribution in [2.75, 3.05) is 19.6 Å². The van der Waals surface area contributed by atoms with Crippen LogP contribution in [0.5, 0.6) is 0 Å². The Morgan fingerprint density at radius 3 is 2.50 bits per heavy atom. The molecule has 0 saturated carbocycles. The molecule has 2 atom stereocenters. The number of rotatable bonds is 5. The van der Waals surface area contributed by atoms with Gasteiger partial charge in [-0.1, -0.05) is 6.92 Å². The van der Waals surface area contributed by atoms with E-state index in [1.165, 1.54) is 0 Å². The fourth-order valence-corrected chi connectivity index (χ4v) is 1.16. The molecule has 0 aliphatic carbocycles. The van der Waals surface area contributed by atoms with Crippen LogP contribution in [-0.2, 0) is 4.79 Å². The molecule has 0 radical (unpaired) electrons. The smallest absolute Gasteiger partial charge is 0.226 e. The maximum Gasteiger partial charge on any atom is 0.226 e. The van der Waals surface area contributed by atoms with E-state index in [0.717, 1.165) is 0 Å². The maximum atomic E-state index is 11.7. The number of hydrogen-bond acceptors (Lipinski definition) is 3. The Hall–Kier alpha value is -1.08. The number of hydrogen-bond donors (Lipinski definition) is 1. The highest BCUT2D eigenvalue weighted by Gasteiger charge is 2.19. The standard InChI is InChI=1S/C10H19N3O/c1-4-13(7-8(2)5-11)10(14)9(3)6-12/h8-9H,4,6-7,12H2,1-3H3. The summed E-state index contributed by atoms with van der Waals surface area (Å²) < 4.78 is 0. The molecule has 2 unspecified atom stereocenters. The minimum absolute atomic E-state index is 0.0390. The van der Waals surface area contributed by atoms with Crippen LogP contribution in [0.2, 0.25) is 0 Å². The molecule has 2 N–H and O–H groups in total. The van der Waals surface area contributed by atoms with Gasteiger partial charge in [0.15, 0.2) is 0 Å². The maximum absolute atomic E-state index is 11.7. The van der Waals surface area contributed by atoms with Crippen LogP contribution in [0.25, 0.3) is 0 Å². The highest BCUT2D eigenvalue weighted by atomic mass is 16.2. The minimum atomic E-state index is -0.152. The van der Waals surface area contributed by atoms with Gasteiger partial charge in [-0.05, 0) is 13.8 Å². The number of amides is 1. The lowest BCUT2D eigenvalue weighted by Gasteiger charge is -2.24. The summed E-state index contributed by atoms with van der Waals surface area (Å²) in [6, 6.07) is 2.12. The predicted octanol–water partition coefficient (Wildman–Crippen LogP) is 0.589. The van der Waals surface area contributed by atoms with E-state index in [4.69, 9.17) is 11.0 Å². The zero-order chi connectivity index (χ0) is 11.1. The van der Waals surface area contributed by atoms with Crippen molar-refractivity contribution in [1.82, 2.24) is 4.90 Å². The summed E-state index contributed by atoms with van der Waals surface area (Å²) in [5, 5.41) is 8.64. The molecule has 80 valence electrons. The highest BCUT2D eigenvalue weighted by molar-refractivity contribution is 5.78. The third-order valence-corrected chi connectivity index (χ3v) is 2.18. The number of nitrogens with zero attached hydrogens (tertiary/aromatic N) is 2. The summed E-state index contributed by atoms with van der Waals surface area (Å²) in [5.74, 6) is -0.234. The summed E-state index contributed by atoms with van der Waals surface area (Å²) in [4.78, 5) is 13.4. The molecule has 0 aromatic heterocycles. The van der Waals surface area contributed by atoms with Gasteiger partial charge in [0.05, 0.1) is 12.0 Å². The average Bonchev–Trinajstić information content (AvgIpc) is 2.23. The molecule has 0 spiro atoms. The lowest BCUT2D eigenvalue weighted by molar-refractivity contribution is -0.134. The summed E-state index contributed by atoms with van der Waals surface area (Å²) >= 11 is 0. The van der Waals surface area contributed by atoms with Crippen molar-refractivity contribution < 1.29 is 4.79 Å². The quantitative estimate of drug-likeness (QED) is 0.701. The largest absolute Gasteiger partial charge is 0.341 e. The van der Waals surface area contributed by atoms with Crippen LogP contribution in [0, 0.1) is 23.2 Å². The second kappa shape index (κ2) is 6.39. The Bertz CT molecular complexity index is 222. The molecule has 0 aromatic carbocycles. The van der Waals surface area contributed by atoms with E-state index >= 15 is 0 Å². The van der Waals surface area contributed by atoms with Crippen molar-refractivity contribution in [2.45, 2.75) is 20.8 Å². The highest BCUT2D eigenvalue weighted by Crippen LogP contribution is 2.04. The minimum Gasteiger partial charge on any atom is -0.341 e. The number of nitrogens with two attached hydrogens (primary N) is 1. The lowest BCUT2D eigenvalue weighted by atomic mass is 10.1. The van der Waals surface area contributed by atoms with Crippen LogP contribution in [-0.4, -0.2) is 30.4 Å². The topological polar surface area (TPSA) is 70.1 Å². The van der Waals surface area contributed by atoms with Crippen molar-refractivity contribution in [3.05, 3.63) is 0 Å². The van der Waals surface area contributed by atoms with Gasteiger partial charge >= 0.3 is 0 Å². The Kier molecular flexibility index (Phi) is 5.89. The molecular formula is C10H19N3O. The molecular weight excluding hydrogens is 178 g/mol. The molecule has 0 aliphatic rings. The average molecular weight is 197 g/mol. The van der Waals surface area contributed by atoms with E-state index in [1.807, 2.05) is 20.8 Å². The van der Waals surface area contributed by atoms with E-state index < -0.39 is 0 Å². The fraction of sp³-hybridized carbons (Fsp3) is 0.800. The monoisotopic (exact) mass is 197 g/mol. The van der Waals surface area contributed by atoms with Crippen molar-refractivity contribution in [3.8, 4) is 6.07 Å². The molecule has 0 aliphatic heterocycles. The van der Waals surface area contributed by atoms with Gasteiger partial charge < -0.3 is 10.6 Å². The van der Waals surface area contributed by atoms with Crippen LogP contribution >= 0.6 is 0 Å². The van der Waals surface area contributed by atoms with Gasteiger partial charge in [-0.2, -0.15) is 5.26 Å². The number of carbonyl (C=O) groups excluding carboxylic acids is 1. The van der Waals surface area contributed by atoms with Gasteiger partial charge in [-0.15, -0.1) is 0 Å². The first kappa shape index (κ1) is 12.9. The van der Waals surface area contributed by atoms with Crippen LogP contribution in [0.4, 0.5) is 0 Å². The Morgan fingerprint density at radius 2 is 2.14 bits per heavy atom. The molecule has 0 aromatic rings. The molecule has 0 saturated heterocycles. The zero-order valence-electron chi connectivity index (χ0n) is 9.16. The fourth-order valence-electron chi connectivity index (χ4n) is 1.16. The van der Waals surface area contributed by atoms with Crippen LogP contribution in [0.3, 0.4) is 0 Å². The van der Waals surface area contributed by atoms with Crippen LogP contribution < -0.4 is 5.73 Å². The van der Waals surface area contributed by atoms with E-state index in [9.17, 15) is 4.79 Å². The normalized spacial score (nSPS) is 14.2. The molecule has 0 fully saturated rings. The van der Waals surface area contributed by atoms with Gasteiger partial charge in [-0.3, -0.25) is 4.79 Å². The molecule has 4 nitrogen and oxygen atoms in total. The Balaban J connectivity index is 4.27. The first-order valence-corrected chi connectivity index (χ1v) is 4.95. The van der Waals surface area contributed by atoms with Gasteiger partial charge in [0.2, 0.25) is 5.91 Å². The van der Waals surface area contributed by atoms with Crippen LogP contribution in [0.1, 0.15) is 20.8 Å². The van der Waals surface area contributed by atoms with Gasteiger partial charge in [0.25, 0.3) is 0 Å². The van der Waals surface area contributed by atoms with Crippen molar-refractivity contribution in [2.24, 2.45) is 17.6 Å². The second-order valence-corrected chi connectivity index (χ2v) is 3.54. The van der Waals surface area contributed by atoms with Gasteiger partial charge in [0, 0.05) is 25.6 Å². The second-order valence-electron chi connectivity index (χ2n) is 3.54. The summed E-state index contributed by atoms with van der Waals surface area (Å²) in [5.41, 5.74) is 5.42. The van der Waals surface area contributed by atoms with Crippen molar-refractivity contribution >= 4 is 5.91 Å². The third-order valence-electron chi connectivity index (χ3n) is 2.18. The zero-order valence-corrected chi connectivity index (χ0v) is 9.16. The first-order valence-electron chi connectivity index (χ1n) is 4.95. The van der Waals surface area contributed by atoms with Gasteiger partial charge in [-0.25, -0.2) is 0 Å². The Labute approximate surface area is 85.7 Å². The summed E-state index contributed by atoms with van der Waals surface area (Å²) in [7, 11) is 0. The van der Waals surface area contributed by atoms with Crippen molar-refractivity contribution in [1.29, 1.82) is 5.26 Å². The molecule has 4 heteroatoms. The SMILES string of the molecule is CCN(CC(C)C#N)C(=O)C(C)CN. The molecule has 0 bridgehead atoms. The summed E-state index contributed by atoms with van der Waals surface area (Å²) in [6.45, 7) is 7.01. The Morgan fingerprint density at radius 1 is 1.57 bits per heavy atom.